The Morgan fingerprint density at radius 1 is 1.57 bits per heavy atom. The molecule has 0 heterocycles. The second-order valence-corrected chi connectivity index (χ2v) is 4.20. The Bertz CT molecular complexity index is 264. The maximum Gasteiger partial charge on any atom is 0.231 e. The molecule has 0 aromatic heterocycles. The first-order chi connectivity index (χ1) is 6.50. The van der Waals surface area contributed by atoms with Crippen LogP contribution in [0.15, 0.2) is 24.9 Å². The number of nitrogens with one attached hydrogen (secondary N) is 1. The van der Waals surface area contributed by atoms with E-state index >= 15 is 0 Å². The van der Waals surface area contributed by atoms with E-state index in [0.717, 1.165) is 19.4 Å². The molecule has 0 unspecified atom stereocenters. The molecule has 0 aromatic rings. The van der Waals surface area contributed by atoms with Crippen molar-refractivity contribution in [2.75, 3.05) is 20.6 Å². The van der Waals surface area contributed by atoms with Crippen molar-refractivity contribution < 1.29 is 4.79 Å². The lowest BCUT2D eigenvalue weighted by molar-refractivity contribution is -0.126. The third-order valence-electron chi connectivity index (χ3n) is 2.47. The minimum Gasteiger partial charge on any atom is -0.326 e. The van der Waals surface area contributed by atoms with Crippen LogP contribution in [0.2, 0.25) is 0 Å². The van der Waals surface area contributed by atoms with Crippen LogP contribution in [0.5, 0.6) is 0 Å². The molecule has 1 aliphatic rings. The quantitative estimate of drug-likeness (QED) is 0.666. The molecular weight excluding hydrogens is 176 g/mol. The largest absolute Gasteiger partial charge is 0.326 e. The predicted octanol–water partition coefficient (Wildman–Crippen LogP) is 1.14. The lowest BCUT2D eigenvalue weighted by Gasteiger charge is -2.19. The highest BCUT2D eigenvalue weighted by atomic mass is 16.2. The van der Waals surface area contributed by atoms with E-state index in [2.05, 4.69) is 18.5 Å². The van der Waals surface area contributed by atoms with Crippen LogP contribution in [0.1, 0.15) is 12.8 Å². The second kappa shape index (κ2) is 3.96. The molecule has 0 radical (unpaired) electrons. The maximum atomic E-state index is 11.8. The fourth-order valence-electron chi connectivity index (χ4n) is 1.54. The standard InChI is InChI=1S/C11H18N2O/c1-5-9(2)12-10(14)11(6-7-11)8-13(3)4/h5H,1-2,6-8H2,3-4H3,(H,12,14). The van der Waals surface area contributed by atoms with Crippen molar-refractivity contribution >= 4 is 5.91 Å². The SMILES string of the molecule is C=CC(=C)NC(=O)C1(CN(C)C)CC1. The number of allylic oxidation sites excluding steroid dienone is 1. The zero-order chi connectivity index (χ0) is 10.8. The molecule has 0 spiro atoms. The van der Waals surface area contributed by atoms with Crippen molar-refractivity contribution in [2.45, 2.75) is 12.8 Å². The van der Waals surface area contributed by atoms with Crippen LogP contribution >= 0.6 is 0 Å². The van der Waals surface area contributed by atoms with Crippen LogP contribution in [0.25, 0.3) is 0 Å². The van der Waals surface area contributed by atoms with Crippen molar-refractivity contribution in [3.05, 3.63) is 24.9 Å². The maximum absolute atomic E-state index is 11.8. The average Bonchev–Trinajstić information content (AvgIpc) is 2.84. The smallest absolute Gasteiger partial charge is 0.231 e. The number of hydrogen-bond donors (Lipinski definition) is 1. The van der Waals surface area contributed by atoms with Gasteiger partial charge in [-0.15, -0.1) is 0 Å². The molecule has 3 heteroatoms. The molecule has 78 valence electrons. The summed E-state index contributed by atoms with van der Waals surface area (Å²) >= 11 is 0. The van der Waals surface area contributed by atoms with Crippen molar-refractivity contribution in [1.82, 2.24) is 10.2 Å². The van der Waals surface area contributed by atoms with Gasteiger partial charge in [0.1, 0.15) is 0 Å². The molecule has 0 saturated heterocycles. The molecule has 3 nitrogen and oxygen atoms in total. The molecule has 1 amide bonds. The van der Waals surface area contributed by atoms with E-state index in [1.165, 1.54) is 0 Å². The first-order valence-electron chi connectivity index (χ1n) is 4.78. The van der Waals surface area contributed by atoms with Crippen LogP contribution in [-0.2, 0) is 4.79 Å². The number of carbonyl (C=O) groups excluding carboxylic acids is 1. The minimum atomic E-state index is -0.171. The second-order valence-electron chi connectivity index (χ2n) is 4.20. The fraction of sp³-hybridized carbons (Fsp3) is 0.545. The number of carbonyl (C=O) groups is 1. The molecule has 0 aromatic carbocycles. The number of hydrogen-bond acceptors (Lipinski definition) is 2. The first kappa shape index (κ1) is 11.0. The van der Waals surface area contributed by atoms with E-state index in [9.17, 15) is 4.79 Å². The molecule has 14 heavy (non-hydrogen) atoms. The topological polar surface area (TPSA) is 32.3 Å². The Morgan fingerprint density at radius 3 is 2.50 bits per heavy atom. The third kappa shape index (κ3) is 2.45. The van der Waals surface area contributed by atoms with Gasteiger partial charge in [-0.2, -0.15) is 0 Å². The molecule has 0 bridgehead atoms. The summed E-state index contributed by atoms with van der Waals surface area (Å²) in [5.41, 5.74) is 0.412. The van der Waals surface area contributed by atoms with E-state index in [-0.39, 0.29) is 11.3 Å². The van der Waals surface area contributed by atoms with E-state index in [0.29, 0.717) is 5.70 Å². The van der Waals surface area contributed by atoms with E-state index < -0.39 is 0 Å². The van der Waals surface area contributed by atoms with Crippen LogP contribution in [0, 0.1) is 5.41 Å². The lowest BCUT2D eigenvalue weighted by Crippen LogP contribution is -2.37. The summed E-state index contributed by atoms with van der Waals surface area (Å²) in [4.78, 5) is 13.8. The zero-order valence-corrected chi connectivity index (χ0v) is 8.97. The number of amides is 1. The van der Waals surface area contributed by atoms with Gasteiger partial charge in [0.2, 0.25) is 5.91 Å². The molecule has 1 fully saturated rings. The lowest BCUT2D eigenvalue weighted by atomic mass is 10.1. The van der Waals surface area contributed by atoms with Gasteiger partial charge in [0.05, 0.1) is 5.41 Å². The first-order valence-corrected chi connectivity index (χ1v) is 4.78. The summed E-state index contributed by atoms with van der Waals surface area (Å²) in [7, 11) is 3.96. The van der Waals surface area contributed by atoms with Gasteiger partial charge >= 0.3 is 0 Å². The summed E-state index contributed by atoms with van der Waals surface area (Å²) in [6.07, 6.45) is 3.51. The Hall–Kier alpha value is -1.09. The van der Waals surface area contributed by atoms with Gasteiger partial charge in [-0.1, -0.05) is 13.2 Å². The highest BCUT2D eigenvalue weighted by molar-refractivity contribution is 5.87. The highest BCUT2D eigenvalue weighted by Gasteiger charge is 2.49. The molecule has 0 aliphatic heterocycles. The van der Waals surface area contributed by atoms with Crippen molar-refractivity contribution in [1.29, 1.82) is 0 Å². The molecule has 1 N–H and O–H groups in total. The van der Waals surface area contributed by atoms with Crippen LogP contribution in [0.3, 0.4) is 0 Å². The van der Waals surface area contributed by atoms with Crippen molar-refractivity contribution in [3.63, 3.8) is 0 Å². The normalized spacial score (nSPS) is 17.6. The summed E-state index contributed by atoms with van der Waals surface area (Å²) in [5, 5.41) is 2.76. The number of nitrogens with zero attached hydrogens (tertiary/aromatic N) is 1. The molecule has 1 saturated carbocycles. The fourth-order valence-corrected chi connectivity index (χ4v) is 1.54. The van der Waals surface area contributed by atoms with Gasteiger partial charge in [-0.25, -0.2) is 0 Å². The highest BCUT2D eigenvalue weighted by Crippen LogP contribution is 2.46. The van der Waals surface area contributed by atoms with Crippen LogP contribution in [0.4, 0.5) is 0 Å². The Morgan fingerprint density at radius 2 is 2.14 bits per heavy atom. The summed E-state index contributed by atoms with van der Waals surface area (Å²) < 4.78 is 0. The van der Waals surface area contributed by atoms with E-state index in [4.69, 9.17) is 0 Å². The van der Waals surface area contributed by atoms with Gasteiger partial charge in [0.25, 0.3) is 0 Å². The van der Waals surface area contributed by atoms with Crippen LogP contribution < -0.4 is 5.32 Å². The van der Waals surface area contributed by atoms with E-state index in [1.807, 2.05) is 19.0 Å². The zero-order valence-electron chi connectivity index (χ0n) is 8.97. The molecule has 0 atom stereocenters. The van der Waals surface area contributed by atoms with E-state index in [1.54, 1.807) is 6.08 Å². The summed E-state index contributed by atoms with van der Waals surface area (Å²) in [5.74, 6) is 0.0797. The molecule has 1 rings (SSSR count). The van der Waals surface area contributed by atoms with Crippen molar-refractivity contribution in [2.24, 2.45) is 5.41 Å². The average molecular weight is 194 g/mol. The van der Waals surface area contributed by atoms with Crippen molar-refractivity contribution in [3.8, 4) is 0 Å². The van der Waals surface area contributed by atoms with Crippen LogP contribution in [-0.4, -0.2) is 31.4 Å². The van der Waals surface area contributed by atoms with Gasteiger partial charge in [-0.05, 0) is 33.0 Å². The summed E-state index contributed by atoms with van der Waals surface area (Å²) in [6.45, 7) is 8.03. The molecular formula is C11H18N2O. The van der Waals surface area contributed by atoms with Gasteiger partial charge in [0, 0.05) is 12.2 Å². The van der Waals surface area contributed by atoms with Gasteiger partial charge in [-0.3, -0.25) is 4.79 Å². The Kier molecular flexibility index (Phi) is 3.11. The summed E-state index contributed by atoms with van der Waals surface area (Å²) in [6, 6.07) is 0. The third-order valence-corrected chi connectivity index (χ3v) is 2.47. The molecule has 1 aliphatic carbocycles. The monoisotopic (exact) mass is 194 g/mol. The number of rotatable bonds is 5. The predicted molar refractivity (Wildman–Crippen MR) is 57.7 cm³/mol. The minimum absolute atomic E-state index is 0.0797. The Labute approximate surface area is 85.5 Å². The van der Waals surface area contributed by atoms with Gasteiger partial charge in [0.15, 0.2) is 0 Å². The van der Waals surface area contributed by atoms with Gasteiger partial charge < -0.3 is 10.2 Å². The Balaban J connectivity index is 2.51.